The summed E-state index contributed by atoms with van der Waals surface area (Å²) in [6, 6.07) is 12.3. The highest BCUT2D eigenvalue weighted by Crippen LogP contribution is 2.24. The third-order valence-electron chi connectivity index (χ3n) is 4.78. The highest BCUT2D eigenvalue weighted by molar-refractivity contribution is 6.30. The normalized spacial score (nSPS) is 13.5. The average Bonchev–Trinajstić information content (AvgIpc) is 2.72. The van der Waals surface area contributed by atoms with Gasteiger partial charge in [0.25, 0.3) is 0 Å². The molecule has 0 bridgehead atoms. The van der Waals surface area contributed by atoms with Gasteiger partial charge in [-0.1, -0.05) is 42.0 Å². The van der Waals surface area contributed by atoms with Crippen LogP contribution >= 0.6 is 11.6 Å². The van der Waals surface area contributed by atoms with E-state index in [-0.39, 0.29) is 6.54 Å². The van der Waals surface area contributed by atoms with Gasteiger partial charge in [0.2, 0.25) is 0 Å². The molecule has 0 saturated heterocycles. The van der Waals surface area contributed by atoms with E-state index in [0.717, 1.165) is 22.4 Å². The van der Waals surface area contributed by atoms with Gasteiger partial charge in [0.05, 0.1) is 17.8 Å². The van der Waals surface area contributed by atoms with Gasteiger partial charge in [-0.3, -0.25) is 0 Å². The summed E-state index contributed by atoms with van der Waals surface area (Å²) in [6.45, 7) is 0.623. The number of rotatable bonds is 3. The molecule has 1 aliphatic rings. The number of halogens is 2. The first-order chi connectivity index (χ1) is 14.0. The van der Waals surface area contributed by atoms with Crippen LogP contribution in [0.25, 0.3) is 23.5 Å². The van der Waals surface area contributed by atoms with Crippen LogP contribution in [0.2, 0.25) is 5.02 Å². The summed E-state index contributed by atoms with van der Waals surface area (Å²) in [5.74, 6) is -0.107. The third-order valence-corrected chi connectivity index (χ3v) is 5.03. The van der Waals surface area contributed by atoms with Crippen molar-refractivity contribution in [3.8, 4) is 11.4 Å². The number of hydrogen-bond donors (Lipinski definition) is 1. The second-order valence-corrected chi connectivity index (χ2v) is 7.18. The van der Waals surface area contributed by atoms with E-state index >= 15 is 0 Å². The van der Waals surface area contributed by atoms with E-state index in [0.29, 0.717) is 29.4 Å². The maximum absolute atomic E-state index is 14.7. The van der Waals surface area contributed by atoms with Gasteiger partial charge in [-0.2, -0.15) is 0 Å². The molecular weight excluding hydrogens is 393 g/mol. The Balaban J connectivity index is 1.55. The molecule has 1 N–H and O–H groups in total. The molecule has 0 fully saturated rings. The standard InChI is InChI=1S/C22H17ClFN3O2/c23-17-6-3-14(4-7-17)1-2-15-5-8-18(19(24)11-15)21-25-12-16-13-27(22(28)29)10-9-20(16)26-21/h1-8,11-12H,9-10,13H2,(H,28,29). The van der Waals surface area contributed by atoms with Crippen LogP contribution in [0.1, 0.15) is 22.4 Å². The zero-order valence-corrected chi connectivity index (χ0v) is 16.1. The molecule has 1 amide bonds. The molecule has 0 aliphatic carbocycles. The Morgan fingerprint density at radius 1 is 1.14 bits per heavy atom. The van der Waals surface area contributed by atoms with Gasteiger partial charge >= 0.3 is 6.09 Å². The van der Waals surface area contributed by atoms with Gasteiger partial charge in [0.15, 0.2) is 5.82 Å². The minimum Gasteiger partial charge on any atom is -0.465 e. The molecule has 0 unspecified atom stereocenters. The van der Waals surface area contributed by atoms with Crippen LogP contribution in [0.4, 0.5) is 9.18 Å². The largest absolute Gasteiger partial charge is 0.465 e. The van der Waals surface area contributed by atoms with Crippen molar-refractivity contribution in [2.75, 3.05) is 6.54 Å². The molecule has 2 aromatic carbocycles. The van der Waals surface area contributed by atoms with E-state index in [4.69, 9.17) is 16.7 Å². The molecule has 0 saturated carbocycles. The second kappa shape index (κ2) is 8.01. The Bertz CT molecular complexity index is 1100. The minimum absolute atomic E-state index is 0.252. The monoisotopic (exact) mass is 409 g/mol. The highest BCUT2D eigenvalue weighted by atomic mass is 35.5. The van der Waals surface area contributed by atoms with Gasteiger partial charge in [-0.05, 0) is 35.4 Å². The fraction of sp³-hybridized carbons (Fsp3) is 0.136. The Kier molecular flexibility index (Phi) is 5.27. The Morgan fingerprint density at radius 3 is 2.59 bits per heavy atom. The number of nitrogens with zero attached hydrogens (tertiary/aromatic N) is 3. The van der Waals surface area contributed by atoms with Crippen molar-refractivity contribution < 1.29 is 14.3 Å². The van der Waals surface area contributed by atoms with E-state index in [2.05, 4.69) is 9.97 Å². The van der Waals surface area contributed by atoms with Crippen LogP contribution < -0.4 is 0 Å². The number of fused-ring (bicyclic) bond motifs is 1. The van der Waals surface area contributed by atoms with E-state index in [1.807, 2.05) is 24.3 Å². The SMILES string of the molecule is O=C(O)N1CCc2nc(-c3ccc(C=Cc4ccc(Cl)cc4)cc3F)ncc2C1. The van der Waals surface area contributed by atoms with Gasteiger partial charge in [0, 0.05) is 29.7 Å². The van der Waals surface area contributed by atoms with Crippen LogP contribution in [0.5, 0.6) is 0 Å². The van der Waals surface area contributed by atoms with Crippen LogP contribution in [0, 0.1) is 5.82 Å². The molecular formula is C22H17ClFN3O2. The van der Waals surface area contributed by atoms with Gasteiger partial charge < -0.3 is 10.0 Å². The zero-order valence-electron chi connectivity index (χ0n) is 15.3. The predicted octanol–water partition coefficient (Wildman–Crippen LogP) is 5.14. The van der Waals surface area contributed by atoms with Crippen LogP contribution in [0.15, 0.2) is 48.7 Å². The molecule has 2 heterocycles. The number of carbonyl (C=O) groups is 1. The van der Waals surface area contributed by atoms with Crippen LogP contribution in [0.3, 0.4) is 0 Å². The van der Waals surface area contributed by atoms with Crippen molar-refractivity contribution in [1.29, 1.82) is 0 Å². The van der Waals surface area contributed by atoms with Crippen molar-refractivity contribution in [2.45, 2.75) is 13.0 Å². The lowest BCUT2D eigenvalue weighted by Crippen LogP contribution is -2.35. The van der Waals surface area contributed by atoms with E-state index in [1.165, 1.54) is 11.0 Å². The number of benzene rings is 2. The van der Waals surface area contributed by atoms with Crippen LogP contribution in [-0.4, -0.2) is 32.6 Å². The number of carboxylic acid groups (broad SMARTS) is 1. The van der Waals surface area contributed by atoms with Crippen molar-refractivity contribution in [3.63, 3.8) is 0 Å². The highest BCUT2D eigenvalue weighted by Gasteiger charge is 2.22. The van der Waals surface area contributed by atoms with Crippen molar-refractivity contribution in [3.05, 3.63) is 81.9 Å². The summed E-state index contributed by atoms with van der Waals surface area (Å²) in [7, 11) is 0. The molecule has 4 rings (SSSR count). The topological polar surface area (TPSA) is 66.3 Å². The Hall–Kier alpha value is -3.25. The first-order valence-corrected chi connectivity index (χ1v) is 9.43. The summed E-state index contributed by atoms with van der Waals surface area (Å²) in [5.41, 5.74) is 3.52. The summed E-state index contributed by atoms with van der Waals surface area (Å²) in [4.78, 5) is 21.1. The number of aromatic nitrogens is 2. The fourth-order valence-electron chi connectivity index (χ4n) is 3.19. The molecule has 146 valence electrons. The second-order valence-electron chi connectivity index (χ2n) is 6.74. The quantitative estimate of drug-likeness (QED) is 0.608. The number of hydrogen-bond acceptors (Lipinski definition) is 3. The lowest BCUT2D eigenvalue weighted by Gasteiger charge is -2.25. The summed E-state index contributed by atoms with van der Waals surface area (Å²) in [6.07, 6.45) is 4.81. The fourth-order valence-corrected chi connectivity index (χ4v) is 3.32. The van der Waals surface area contributed by atoms with Crippen LogP contribution in [-0.2, 0) is 13.0 Å². The lowest BCUT2D eigenvalue weighted by molar-refractivity contribution is 0.139. The zero-order chi connectivity index (χ0) is 20.4. The minimum atomic E-state index is -0.965. The summed E-state index contributed by atoms with van der Waals surface area (Å²) < 4.78 is 14.7. The molecule has 3 aromatic rings. The van der Waals surface area contributed by atoms with E-state index in [9.17, 15) is 9.18 Å². The molecule has 7 heteroatoms. The predicted molar refractivity (Wildman–Crippen MR) is 110 cm³/mol. The maximum Gasteiger partial charge on any atom is 0.407 e. The number of amides is 1. The first-order valence-electron chi connectivity index (χ1n) is 9.06. The van der Waals surface area contributed by atoms with Crippen molar-refractivity contribution in [1.82, 2.24) is 14.9 Å². The molecule has 1 aliphatic heterocycles. The van der Waals surface area contributed by atoms with E-state index in [1.54, 1.807) is 30.5 Å². The third kappa shape index (κ3) is 4.27. The van der Waals surface area contributed by atoms with E-state index < -0.39 is 11.9 Å². The van der Waals surface area contributed by atoms with Crippen molar-refractivity contribution >= 4 is 29.8 Å². The van der Waals surface area contributed by atoms with Gasteiger partial charge in [-0.25, -0.2) is 19.2 Å². The van der Waals surface area contributed by atoms with Gasteiger partial charge in [-0.15, -0.1) is 0 Å². The smallest absolute Gasteiger partial charge is 0.407 e. The first kappa shape index (κ1) is 19.1. The summed E-state index contributed by atoms with van der Waals surface area (Å²) >= 11 is 5.88. The molecule has 1 aromatic heterocycles. The summed E-state index contributed by atoms with van der Waals surface area (Å²) in [5, 5.41) is 9.78. The Labute approximate surface area is 172 Å². The molecule has 5 nitrogen and oxygen atoms in total. The molecule has 0 atom stereocenters. The average molecular weight is 410 g/mol. The lowest BCUT2D eigenvalue weighted by atomic mass is 10.1. The van der Waals surface area contributed by atoms with Crippen molar-refractivity contribution in [2.24, 2.45) is 0 Å². The molecule has 0 spiro atoms. The Morgan fingerprint density at radius 2 is 1.86 bits per heavy atom. The van der Waals surface area contributed by atoms with Gasteiger partial charge in [0.1, 0.15) is 5.82 Å². The maximum atomic E-state index is 14.7. The molecule has 29 heavy (non-hydrogen) atoms. The molecule has 0 radical (unpaired) electrons.